The molecule has 0 saturated carbocycles. The molecule has 0 radical (unpaired) electrons. The van der Waals surface area contributed by atoms with Crippen LogP contribution in [0.15, 0.2) is 53.3 Å². The lowest BCUT2D eigenvalue weighted by Crippen LogP contribution is -2.38. The first-order valence-corrected chi connectivity index (χ1v) is 8.35. The van der Waals surface area contributed by atoms with Gasteiger partial charge in [-0.2, -0.15) is 4.68 Å². The van der Waals surface area contributed by atoms with E-state index >= 15 is 0 Å². The summed E-state index contributed by atoms with van der Waals surface area (Å²) in [5.74, 6) is 0.519. The molecule has 1 N–H and O–H groups in total. The van der Waals surface area contributed by atoms with E-state index in [9.17, 15) is 9.59 Å². The van der Waals surface area contributed by atoms with Gasteiger partial charge in [0.1, 0.15) is 17.3 Å². The van der Waals surface area contributed by atoms with E-state index in [4.69, 9.17) is 4.74 Å². The minimum Gasteiger partial charge on any atom is -0.497 e. The lowest BCUT2D eigenvalue weighted by molar-refractivity contribution is -0.124. The van der Waals surface area contributed by atoms with Crippen molar-refractivity contribution in [1.82, 2.24) is 20.3 Å². The fraction of sp³-hybridized carbons (Fsp3) is 0.263. The van der Waals surface area contributed by atoms with Gasteiger partial charge in [0.25, 0.3) is 5.56 Å². The lowest BCUT2D eigenvalue weighted by Gasteiger charge is -2.13. The number of benzene rings is 2. The van der Waals surface area contributed by atoms with Crippen LogP contribution in [0.3, 0.4) is 0 Å². The molecule has 0 bridgehead atoms. The predicted octanol–water partition coefficient (Wildman–Crippen LogP) is 1.72. The van der Waals surface area contributed by atoms with Crippen molar-refractivity contribution in [2.45, 2.75) is 19.4 Å². The number of nitrogens with zero attached hydrogens (tertiary/aromatic N) is 3. The summed E-state index contributed by atoms with van der Waals surface area (Å²) < 4.78 is 6.24. The van der Waals surface area contributed by atoms with Gasteiger partial charge in [0.2, 0.25) is 5.91 Å². The number of hydrogen-bond donors (Lipinski definition) is 1. The number of rotatable bonds is 6. The normalized spacial score (nSPS) is 11.9. The number of ether oxygens (including phenoxy) is 1. The molecule has 0 aliphatic carbocycles. The summed E-state index contributed by atoms with van der Waals surface area (Å²) in [4.78, 5) is 24.9. The number of hydrogen-bond acceptors (Lipinski definition) is 5. The average Bonchev–Trinajstić information content (AvgIpc) is 2.68. The van der Waals surface area contributed by atoms with Crippen molar-refractivity contribution < 1.29 is 9.53 Å². The van der Waals surface area contributed by atoms with Crippen LogP contribution in [0.25, 0.3) is 10.9 Å². The molecular formula is C19H20N4O3. The second-order valence-corrected chi connectivity index (χ2v) is 5.92. The highest BCUT2D eigenvalue weighted by molar-refractivity contribution is 5.81. The molecule has 1 aromatic heterocycles. The number of fused-ring (bicyclic) bond motifs is 1. The molecule has 1 atom stereocenters. The summed E-state index contributed by atoms with van der Waals surface area (Å²) in [6.07, 6.45) is 0.681. The van der Waals surface area contributed by atoms with Crippen LogP contribution < -0.4 is 15.6 Å². The van der Waals surface area contributed by atoms with Crippen molar-refractivity contribution >= 4 is 16.8 Å². The van der Waals surface area contributed by atoms with E-state index in [0.717, 1.165) is 16.0 Å². The third-order valence-corrected chi connectivity index (χ3v) is 4.21. The number of carbonyl (C=O) groups excluding carboxylic acids is 1. The van der Waals surface area contributed by atoms with Gasteiger partial charge in [-0.25, -0.2) is 0 Å². The highest BCUT2D eigenvalue weighted by atomic mass is 16.5. The smallest absolute Gasteiger partial charge is 0.278 e. The monoisotopic (exact) mass is 352 g/mol. The molecule has 3 rings (SSSR count). The van der Waals surface area contributed by atoms with Gasteiger partial charge in [0.05, 0.1) is 12.5 Å². The zero-order chi connectivity index (χ0) is 18.5. The maximum atomic E-state index is 12.5. The van der Waals surface area contributed by atoms with E-state index in [1.807, 2.05) is 24.3 Å². The van der Waals surface area contributed by atoms with E-state index in [1.54, 1.807) is 38.3 Å². The van der Waals surface area contributed by atoms with Gasteiger partial charge in [-0.05, 0) is 43.2 Å². The largest absolute Gasteiger partial charge is 0.497 e. The van der Waals surface area contributed by atoms with Crippen LogP contribution in [0, 0.1) is 0 Å². The van der Waals surface area contributed by atoms with Gasteiger partial charge in [0, 0.05) is 6.54 Å². The Kier molecular flexibility index (Phi) is 5.26. The van der Waals surface area contributed by atoms with Crippen molar-refractivity contribution in [2.75, 3.05) is 13.7 Å². The molecule has 7 nitrogen and oxygen atoms in total. The molecule has 1 amide bonds. The number of amides is 1. The molecule has 0 spiro atoms. The third kappa shape index (κ3) is 3.72. The Morgan fingerprint density at radius 3 is 2.65 bits per heavy atom. The Labute approximate surface area is 150 Å². The molecule has 1 unspecified atom stereocenters. The topological polar surface area (TPSA) is 86.1 Å². The van der Waals surface area contributed by atoms with Gasteiger partial charge in [-0.1, -0.05) is 29.5 Å². The third-order valence-electron chi connectivity index (χ3n) is 4.21. The molecule has 26 heavy (non-hydrogen) atoms. The van der Waals surface area contributed by atoms with Gasteiger partial charge in [-0.15, -0.1) is 5.10 Å². The first-order chi connectivity index (χ1) is 12.6. The summed E-state index contributed by atoms with van der Waals surface area (Å²) in [6.45, 7) is 2.10. The van der Waals surface area contributed by atoms with E-state index in [1.165, 1.54) is 0 Å². The van der Waals surface area contributed by atoms with E-state index in [0.29, 0.717) is 23.9 Å². The Morgan fingerprint density at radius 1 is 1.19 bits per heavy atom. The quantitative estimate of drug-likeness (QED) is 0.730. The van der Waals surface area contributed by atoms with Crippen molar-refractivity contribution in [3.05, 3.63) is 64.4 Å². The maximum Gasteiger partial charge on any atom is 0.278 e. The van der Waals surface area contributed by atoms with E-state index in [-0.39, 0.29) is 11.5 Å². The van der Waals surface area contributed by atoms with E-state index in [2.05, 4.69) is 15.6 Å². The minimum absolute atomic E-state index is 0.273. The molecule has 0 aliphatic rings. The Morgan fingerprint density at radius 2 is 1.92 bits per heavy atom. The predicted molar refractivity (Wildman–Crippen MR) is 98.2 cm³/mol. The number of nitrogens with one attached hydrogen (secondary N) is 1. The van der Waals surface area contributed by atoms with Crippen LogP contribution in [-0.2, 0) is 11.2 Å². The molecule has 2 aromatic carbocycles. The number of methoxy groups -OCH3 is 1. The van der Waals surface area contributed by atoms with Crippen LogP contribution >= 0.6 is 0 Å². The molecule has 0 fully saturated rings. The van der Waals surface area contributed by atoms with Gasteiger partial charge < -0.3 is 10.1 Å². The maximum absolute atomic E-state index is 12.5. The van der Waals surface area contributed by atoms with Gasteiger partial charge in [0.15, 0.2) is 0 Å². The second kappa shape index (κ2) is 7.77. The number of aromatic nitrogens is 3. The zero-order valence-corrected chi connectivity index (χ0v) is 14.7. The molecule has 1 heterocycles. The summed E-state index contributed by atoms with van der Waals surface area (Å²) in [5, 5.41) is 11.2. The Bertz CT molecular complexity index is 966. The molecular weight excluding hydrogens is 332 g/mol. The summed E-state index contributed by atoms with van der Waals surface area (Å²) >= 11 is 0. The average molecular weight is 352 g/mol. The van der Waals surface area contributed by atoms with Crippen LogP contribution in [0.4, 0.5) is 0 Å². The van der Waals surface area contributed by atoms with Crippen LogP contribution in [-0.4, -0.2) is 34.6 Å². The number of carbonyl (C=O) groups is 1. The fourth-order valence-corrected chi connectivity index (χ4v) is 2.64. The van der Waals surface area contributed by atoms with Gasteiger partial charge >= 0.3 is 0 Å². The van der Waals surface area contributed by atoms with Crippen molar-refractivity contribution in [1.29, 1.82) is 0 Å². The minimum atomic E-state index is -0.740. The lowest BCUT2D eigenvalue weighted by atomic mass is 10.1. The Balaban J connectivity index is 1.64. The van der Waals surface area contributed by atoms with Gasteiger partial charge in [-0.3, -0.25) is 9.59 Å². The Hall–Kier alpha value is -3.22. The molecule has 134 valence electrons. The van der Waals surface area contributed by atoms with E-state index < -0.39 is 6.04 Å². The summed E-state index contributed by atoms with van der Waals surface area (Å²) in [5.41, 5.74) is 1.27. The second-order valence-electron chi connectivity index (χ2n) is 5.92. The fourth-order valence-electron chi connectivity index (χ4n) is 2.64. The summed E-state index contributed by atoms with van der Waals surface area (Å²) in [6, 6.07) is 13.9. The van der Waals surface area contributed by atoms with Crippen molar-refractivity contribution in [3.63, 3.8) is 0 Å². The molecule has 0 saturated heterocycles. The van der Waals surface area contributed by atoms with Crippen molar-refractivity contribution in [2.24, 2.45) is 0 Å². The molecule has 3 aromatic rings. The molecule has 7 heteroatoms. The first kappa shape index (κ1) is 17.6. The van der Waals surface area contributed by atoms with Crippen LogP contribution in [0.5, 0.6) is 5.75 Å². The van der Waals surface area contributed by atoms with Crippen LogP contribution in [0.2, 0.25) is 0 Å². The first-order valence-electron chi connectivity index (χ1n) is 8.35. The zero-order valence-electron chi connectivity index (χ0n) is 14.7. The summed E-state index contributed by atoms with van der Waals surface area (Å²) in [7, 11) is 1.62. The standard InChI is InChI=1S/C19H20N4O3/c1-13(23-19(25)16-5-3-4-6-17(16)21-22-23)18(24)20-12-11-14-7-9-15(26-2)10-8-14/h3-10,13H,11-12H2,1-2H3,(H,20,24). The highest BCUT2D eigenvalue weighted by Gasteiger charge is 2.18. The van der Waals surface area contributed by atoms with Crippen molar-refractivity contribution in [3.8, 4) is 5.75 Å². The SMILES string of the molecule is COc1ccc(CCNC(=O)C(C)n2nnc3ccccc3c2=O)cc1. The highest BCUT2D eigenvalue weighted by Crippen LogP contribution is 2.11. The molecule has 0 aliphatic heterocycles. The van der Waals surface area contributed by atoms with Crippen LogP contribution in [0.1, 0.15) is 18.5 Å².